The van der Waals surface area contributed by atoms with Crippen molar-refractivity contribution in [1.29, 1.82) is 0 Å². The molecule has 6 heteroatoms. The molecule has 0 aromatic carbocycles. The number of thiophene rings is 1. The molecule has 6 N–H and O–H groups in total. The molecule has 0 saturated carbocycles. The van der Waals surface area contributed by atoms with Crippen molar-refractivity contribution in [2.24, 2.45) is 17.3 Å². The summed E-state index contributed by atoms with van der Waals surface area (Å²) in [6, 6.07) is 1.70. The van der Waals surface area contributed by atoms with Crippen molar-refractivity contribution >= 4 is 22.9 Å². The third-order valence-electron chi connectivity index (χ3n) is 1.97. The van der Waals surface area contributed by atoms with Crippen molar-refractivity contribution in [1.82, 2.24) is 5.01 Å². The molecule has 0 saturated heterocycles. The standard InChI is InChI=1S/C9H14N4OS/c1-5-6(7(4-10)13(2)12)3-8(15-5)9(11)14/h3-4H,10,12H2,1-2H3,(H2,11,14)/b7-4-. The van der Waals surface area contributed by atoms with E-state index in [4.69, 9.17) is 17.3 Å². The first kappa shape index (κ1) is 11.5. The zero-order chi connectivity index (χ0) is 11.6. The average molecular weight is 226 g/mol. The monoisotopic (exact) mass is 226 g/mol. The largest absolute Gasteiger partial charge is 0.403 e. The molecule has 1 aromatic rings. The average Bonchev–Trinajstić information content (AvgIpc) is 2.49. The molecule has 0 fully saturated rings. The summed E-state index contributed by atoms with van der Waals surface area (Å²) >= 11 is 1.33. The van der Waals surface area contributed by atoms with Crippen LogP contribution in [0.25, 0.3) is 5.70 Å². The van der Waals surface area contributed by atoms with E-state index >= 15 is 0 Å². The number of rotatable bonds is 3. The fourth-order valence-electron chi connectivity index (χ4n) is 1.26. The van der Waals surface area contributed by atoms with Gasteiger partial charge in [0.15, 0.2) is 0 Å². The second-order valence-corrected chi connectivity index (χ2v) is 4.36. The summed E-state index contributed by atoms with van der Waals surface area (Å²) in [7, 11) is 1.68. The molecule has 0 radical (unpaired) electrons. The van der Waals surface area contributed by atoms with Gasteiger partial charge in [-0.2, -0.15) is 0 Å². The first-order chi connectivity index (χ1) is 6.97. The zero-order valence-corrected chi connectivity index (χ0v) is 9.47. The Hall–Kier alpha value is -1.53. The highest BCUT2D eigenvalue weighted by Crippen LogP contribution is 2.27. The van der Waals surface area contributed by atoms with Gasteiger partial charge in [0.2, 0.25) is 0 Å². The van der Waals surface area contributed by atoms with Crippen LogP contribution in [-0.4, -0.2) is 18.0 Å². The van der Waals surface area contributed by atoms with E-state index in [1.165, 1.54) is 22.5 Å². The first-order valence-electron chi connectivity index (χ1n) is 4.28. The molecule has 0 bridgehead atoms. The second kappa shape index (κ2) is 4.33. The third-order valence-corrected chi connectivity index (χ3v) is 3.04. The molecule has 0 spiro atoms. The Morgan fingerprint density at radius 2 is 2.20 bits per heavy atom. The Morgan fingerprint density at radius 1 is 1.60 bits per heavy atom. The third kappa shape index (κ3) is 2.28. The van der Waals surface area contributed by atoms with E-state index in [1.807, 2.05) is 6.92 Å². The van der Waals surface area contributed by atoms with E-state index < -0.39 is 5.91 Å². The molecule has 1 rings (SSSR count). The number of hydrogen-bond donors (Lipinski definition) is 3. The number of nitrogens with two attached hydrogens (primary N) is 3. The quantitative estimate of drug-likeness (QED) is 0.507. The number of nitrogens with zero attached hydrogens (tertiary/aromatic N) is 1. The second-order valence-electron chi connectivity index (χ2n) is 3.11. The van der Waals surface area contributed by atoms with Crippen LogP contribution in [0, 0.1) is 6.92 Å². The predicted molar refractivity (Wildman–Crippen MR) is 61.7 cm³/mol. The molecule has 0 aliphatic heterocycles. The van der Waals surface area contributed by atoms with Crippen LogP contribution in [0.3, 0.4) is 0 Å². The summed E-state index contributed by atoms with van der Waals surface area (Å²) in [5, 5.41) is 1.40. The van der Waals surface area contributed by atoms with Gasteiger partial charge in [-0.25, -0.2) is 5.84 Å². The summed E-state index contributed by atoms with van der Waals surface area (Å²) in [4.78, 5) is 12.4. The van der Waals surface area contributed by atoms with Crippen LogP contribution in [0.15, 0.2) is 12.3 Å². The van der Waals surface area contributed by atoms with Crippen LogP contribution >= 0.6 is 11.3 Å². The van der Waals surface area contributed by atoms with Crippen LogP contribution in [0.1, 0.15) is 20.1 Å². The zero-order valence-electron chi connectivity index (χ0n) is 8.65. The molecule has 0 atom stereocenters. The maximum Gasteiger partial charge on any atom is 0.258 e. The lowest BCUT2D eigenvalue weighted by Gasteiger charge is -2.15. The van der Waals surface area contributed by atoms with Crippen LogP contribution in [-0.2, 0) is 0 Å². The molecular formula is C9H14N4OS. The predicted octanol–water partition coefficient (Wildman–Crippen LogP) is 0.218. The van der Waals surface area contributed by atoms with E-state index in [2.05, 4.69) is 0 Å². The molecule has 5 nitrogen and oxygen atoms in total. The Bertz CT molecular complexity index is 408. The molecule has 0 unspecified atom stereocenters. The number of aryl methyl sites for hydroxylation is 1. The summed E-state index contributed by atoms with van der Waals surface area (Å²) in [5.41, 5.74) is 12.2. The Kier molecular flexibility index (Phi) is 3.33. The van der Waals surface area contributed by atoms with Gasteiger partial charge in [0.05, 0.1) is 10.6 Å². The minimum Gasteiger partial charge on any atom is -0.403 e. The summed E-state index contributed by atoms with van der Waals surface area (Å²) in [6.45, 7) is 1.89. The minimum absolute atomic E-state index is 0.439. The van der Waals surface area contributed by atoms with Crippen LogP contribution < -0.4 is 17.3 Å². The number of amides is 1. The molecule has 15 heavy (non-hydrogen) atoms. The van der Waals surface area contributed by atoms with Crippen molar-refractivity contribution < 1.29 is 4.79 Å². The molecule has 1 heterocycles. The maximum absolute atomic E-state index is 11.0. The summed E-state index contributed by atoms with van der Waals surface area (Å²) in [6.07, 6.45) is 1.40. The highest BCUT2D eigenvalue weighted by Gasteiger charge is 2.14. The number of hydrogen-bond acceptors (Lipinski definition) is 5. The fourth-order valence-corrected chi connectivity index (χ4v) is 2.14. The van der Waals surface area contributed by atoms with Gasteiger partial charge in [-0.3, -0.25) is 4.79 Å². The van der Waals surface area contributed by atoms with Gasteiger partial charge in [-0.15, -0.1) is 11.3 Å². The molecule has 0 aliphatic rings. The van der Waals surface area contributed by atoms with Gasteiger partial charge < -0.3 is 16.5 Å². The van der Waals surface area contributed by atoms with Crippen LogP contribution in [0.2, 0.25) is 0 Å². The van der Waals surface area contributed by atoms with Crippen molar-refractivity contribution in [3.63, 3.8) is 0 Å². The lowest BCUT2D eigenvalue weighted by atomic mass is 10.2. The van der Waals surface area contributed by atoms with Gasteiger partial charge in [-0.1, -0.05) is 0 Å². The number of carbonyl (C=O) groups is 1. The smallest absolute Gasteiger partial charge is 0.258 e. The number of hydrazine groups is 1. The van der Waals surface area contributed by atoms with Gasteiger partial charge >= 0.3 is 0 Å². The Labute approximate surface area is 92.1 Å². The van der Waals surface area contributed by atoms with Gasteiger partial charge in [0.1, 0.15) is 0 Å². The Morgan fingerprint density at radius 3 is 2.53 bits per heavy atom. The molecule has 82 valence electrons. The molecule has 0 aliphatic carbocycles. The SMILES string of the molecule is Cc1sc(C(N)=O)cc1/C(=C/N)N(C)N. The van der Waals surface area contributed by atoms with Crippen molar-refractivity contribution in [2.45, 2.75) is 6.92 Å². The van der Waals surface area contributed by atoms with E-state index in [0.717, 1.165) is 10.4 Å². The van der Waals surface area contributed by atoms with Gasteiger partial charge in [-0.05, 0) is 13.0 Å². The highest BCUT2D eigenvalue weighted by molar-refractivity contribution is 7.14. The van der Waals surface area contributed by atoms with Gasteiger partial charge in [0, 0.05) is 23.7 Å². The molecule has 1 amide bonds. The summed E-state index contributed by atoms with van der Waals surface area (Å²) in [5.74, 6) is 5.17. The number of carbonyl (C=O) groups excluding carboxylic acids is 1. The van der Waals surface area contributed by atoms with Crippen molar-refractivity contribution in [3.8, 4) is 0 Å². The van der Waals surface area contributed by atoms with Crippen LogP contribution in [0.4, 0.5) is 0 Å². The minimum atomic E-state index is -0.439. The van der Waals surface area contributed by atoms with E-state index in [0.29, 0.717) is 10.6 Å². The maximum atomic E-state index is 11.0. The molecule has 1 aromatic heterocycles. The van der Waals surface area contributed by atoms with E-state index in [1.54, 1.807) is 13.1 Å². The highest BCUT2D eigenvalue weighted by atomic mass is 32.1. The Balaban J connectivity index is 3.20. The van der Waals surface area contributed by atoms with E-state index in [9.17, 15) is 4.79 Å². The number of primary amides is 1. The molecular weight excluding hydrogens is 212 g/mol. The van der Waals surface area contributed by atoms with Gasteiger partial charge in [0.25, 0.3) is 5.91 Å². The normalized spacial score (nSPS) is 11.5. The topological polar surface area (TPSA) is 98.4 Å². The summed E-state index contributed by atoms with van der Waals surface area (Å²) < 4.78 is 0. The first-order valence-corrected chi connectivity index (χ1v) is 5.10. The van der Waals surface area contributed by atoms with Crippen molar-refractivity contribution in [3.05, 3.63) is 27.6 Å². The van der Waals surface area contributed by atoms with E-state index in [-0.39, 0.29) is 0 Å². The van der Waals surface area contributed by atoms with Crippen molar-refractivity contribution in [2.75, 3.05) is 7.05 Å². The fraction of sp³-hybridized carbons (Fsp3) is 0.222. The lowest BCUT2D eigenvalue weighted by molar-refractivity contribution is 0.100. The van der Waals surface area contributed by atoms with Crippen LogP contribution in [0.5, 0.6) is 0 Å². The lowest BCUT2D eigenvalue weighted by Crippen LogP contribution is -2.25.